The fourth-order valence-corrected chi connectivity index (χ4v) is 3.51. The molecule has 4 aromatic heterocycles. The van der Waals surface area contributed by atoms with Crippen molar-refractivity contribution in [1.82, 2.24) is 29.8 Å². The monoisotopic (exact) mass is 440 g/mol. The van der Waals surface area contributed by atoms with E-state index in [2.05, 4.69) is 40.6 Å². The molecule has 5 rings (SSSR count). The molecule has 1 amide bonds. The number of rotatable bonds is 6. The number of nitrogens with zero attached hydrogens (tertiary/aromatic N) is 6. The van der Waals surface area contributed by atoms with Crippen molar-refractivity contribution in [2.75, 3.05) is 17.7 Å². The highest BCUT2D eigenvalue weighted by atomic mass is 19.3. The summed E-state index contributed by atoms with van der Waals surface area (Å²) in [5, 5.41) is 19.1. The Morgan fingerprint density at radius 3 is 2.84 bits per heavy atom. The van der Waals surface area contributed by atoms with Gasteiger partial charge >= 0.3 is 6.61 Å². The van der Waals surface area contributed by atoms with Gasteiger partial charge in [0, 0.05) is 30.1 Å². The van der Waals surface area contributed by atoms with E-state index >= 15 is 0 Å². The minimum absolute atomic E-state index is 0.0120. The van der Waals surface area contributed by atoms with Crippen LogP contribution in [0.25, 0.3) is 27.9 Å². The Hall–Kier alpha value is -3.96. The third-order valence-corrected chi connectivity index (χ3v) is 5.34. The van der Waals surface area contributed by atoms with Crippen LogP contribution in [0.15, 0.2) is 30.6 Å². The lowest BCUT2D eigenvalue weighted by atomic mass is 10.1. The minimum Gasteiger partial charge on any atom is -0.433 e. The molecule has 1 fully saturated rings. The largest absolute Gasteiger partial charge is 0.433 e. The fourth-order valence-electron chi connectivity index (χ4n) is 3.51. The van der Waals surface area contributed by atoms with Crippen LogP contribution in [0.4, 0.5) is 20.4 Å². The molecule has 0 saturated heterocycles. The molecule has 0 aromatic carbocycles. The van der Waals surface area contributed by atoms with E-state index in [1.165, 1.54) is 22.8 Å². The maximum absolute atomic E-state index is 12.5. The van der Waals surface area contributed by atoms with Crippen LogP contribution in [0.5, 0.6) is 5.75 Å². The van der Waals surface area contributed by atoms with Gasteiger partial charge in [0.25, 0.3) is 0 Å². The molecular formula is C20H18F2N8O2. The van der Waals surface area contributed by atoms with Gasteiger partial charge in [0.2, 0.25) is 5.91 Å². The summed E-state index contributed by atoms with van der Waals surface area (Å²) in [5.74, 6) is 1.34. The molecule has 4 aromatic rings. The molecule has 12 heteroatoms. The van der Waals surface area contributed by atoms with Crippen LogP contribution in [-0.2, 0) is 4.79 Å². The topological polar surface area (TPSA) is 119 Å². The smallest absolute Gasteiger partial charge is 0.387 e. The average Bonchev–Trinajstić information content (AvgIpc) is 3.35. The lowest BCUT2D eigenvalue weighted by Gasteiger charge is -2.09. The zero-order valence-corrected chi connectivity index (χ0v) is 17.1. The molecule has 1 saturated carbocycles. The van der Waals surface area contributed by atoms with Crippen LogP contribution in [0, 0.1) is 11.8 Å². The van der Waals surface area contributed by atoms with E-state index in [4.69, 9.17) is 0 Å². The van der Waals surface area contributed by atoms with Crippen molar-refractivity contribution in [1.29, 1.82) is 0 Å². The standard InChI is InChI=1S/C20H18F2N8O2/c1-9-5-11(9)19(31)25-14-6-12-13(7-24-18(23-2)16(12)28-27-14)17-26-15-4-3-10(32-20(21)22)8-30(15)29-17/h3-4,6-9,11,20H,5H2,1-2H3,(H,23,24)(H,25,27,31)/t9-,11+/m1/s1. The number of anilines is 2. The Balaban J connectivity index is 1.57. The molecule has 1 aliphatic carbocycles. The summed E-state index contributed by atoms with van der Waals surface area (Å²) in [6.07, 6.45) is 3.75. The van der Waals surface area contributed by atoms with Crippen molar-refractivity contribution >= 4 is 34.1 Å². The summed E-state index contributed by atoms with van der Waals surface area (Å²) in [4.78, 5) is 21.1. The maximum Gasteiger partial charge on any atom is 0.387 e. The quantitative estimate of drug-likeness (QED) is 0.470. The van der Waals surface area contributed by atoms with Gasteiger partial charge in [-0.15, -0.1) is 15.3 Å². The van der Waals surface area contributed by atoms with E-state index in [0.717, 1.165) is 6.42 Å². The lowest BCUT2D eigenvalue weighted by molar-refractivity contribution is -0.117. The SMILES string of the molecule is CNc1ncc(-c2nc3ccc(OC(F)F)cn3n2)c2cc(NC(=O)[C@H]3C[C@H]3C)nnc12. The molecule has 0 unspecified atom stereocenters. The number of carbonyl (C=O) groups is 1. The van der Waals surface area contributed by atoms with Crippen molar-refractivity contribution in [2.24, 2.45) is 11.8 Å². The highest BCUT2D eigenvalue weighted by molar-refractivity contribution is 6.01. The van der Waals surface area contributed by atoms with Crippen molar-refractivity contribution < 1.29 is 18.3 Å². The fraction of sp³-hybridized carbons (Fsp3) is 0.300. The van der Waals surface area contributed by atoms with Crippen LogP contribution in [-0.4, -0.2) is 49.3 Å². The lowest BCUT2D eigenvalue weighted by Crippen LogP contribution is -2.16. The number of ether oxygens (including phenoxy) is 1. The predicted molar refractivity (Wildman–Crippen MR) is 111 cm³/mol. The van der Waals surface area contributed by atoms with Crippen LogP contribution < -0.4 is 15.4 Å². The van der Waals surface area contributed by atoms with Gasteiger partial charge in [0.15, 0.2) is 23.1 Å². The maximum atomic E-state index is 12.5. The number of alkyl halides is 2. The number of hydrogen-bond donors (Lipinski definition) is 2. The molecule has 2 N–H and O–H groups in total. The molecular weight excluding hydrogens is 422 g/mol. The van der Waals surface area contributed by atoms with E-state index < -0.39 is 6.61 Å². The highest BCUT2D eigenvalue weighted by Crippen LogP contribution is 2.38. The second-order valence-corrected chi connectivity index (χ2v) is 7.55. The molecule has 0 bridgehead atoms. The zero-order chi connectivity index (χ0) is 22.4. The summed E-state index contributed by atoms with van der Waals surface area (Å²) >= 11 is 0. The summed E-state index contributed by atoms with van der Waals surface area (Å²) in [6.45, 7) is -0.921. The molecule has 1 aliphatic rings. The molecule has 2 atom stereocenters. The van der Waals surface area contributed by atoms with E-state index in [1.54, 1.807) is 19.3 Å². The second kappa shape index (κ2) is 7.62. The number of carbonyl (C=O) groups excluding carboxylic acids is 1. The van der Waals surface area contributed by atoms with Gasteiger partial charge in [0.1, 0.15) is 11.3 Å². The second-order valence-electron chi connectivity index (χ2n) is 7.55. The number of aromatic nitrogens is 6. The third-order valence-electron chi connectivity index (χ3n) is 5.34. The number of amides is 1. The van der Waals surface area contributed by atoms with Gasteiger partial charge in [-0.25, -0.2) is 14.5 Å². The van der Waals surface area contributed by atoms with Crippen LogP contribution >= 0.6 is 0 Å². The predicted octanol–water partition coefficient (Wildman–Crippen LogP) is 2.97. The first kappa shape index (κ1) is 20.0. The summed E-state index contributed by atoms with van der Waals surface area (Å²) in [5.41, 5.74) is 1.46. The number of fused-ring (bicyclic) bond motifs is 2. The molecule has 0 spiro atoms. The number of pyridine rings is 2. The summed E-state index contributed by atoms with van der Waals surface area (Å²) in [7, 11) is 1.71. The molecule has 164 valence electrons. The van der Waals surface area contributed by atoms with Gasteiger partial charge in [-0.2, -0.15) is 8.78 Å². The Morgan fingerprint density at radius 1 is 1.31 bits per heavy atom. The van der Waals surface area contributed by atoms with Crippen molar-refractivity contribution in [3.8, 4) is 17.1 Å². The Bertz CT molecular complexity index is 1340. The first-order valence-electron chi connectivity index (χ1n) is 9.89. The first-order valence-corrected chi connectivity index (χ1v) is 9.89. The van der Waals surface area contributed by atoms with Crippen LogP contribution in [0.3, 0.4) is 0 Å². The first-order chi connectivity index (χ1) is 15.4. The van der Waals surface area contributed by atoms with Gasteiger partial charge < -0.3 is 15.4 Å². The van der Waals surface area contributed by atoms with Gasteiger partial charge in [-0.1, -0.05) is 6.92 Å². The molecule has 4 heterocycles. The van der Waals surface area contributed by atoms with Crippen LogP contribution in [0.1, 0.15) is 13.3 Å². The Morgan fingerprint density at radius 2 is 2.12 bits per heavy atom. The van der Waals surface area contributed by atoms with E-state index in [-0.39, 0.29) is 17.6 Å². The number of nitrogens with one attached hydrogen (secondary N) is 2. The molecule has 0 radical (unpaired) electrons. The Labute approximate surface area is 180 Å². The van der Waals surface area contributed by atoms with Crippen LogP contribution in [0.2, 0.25) is 0 Å². The zero-order valence-electron chi connectivity index (χ0n) is 17.1. The molecule has 10 nitrogen and oxygen atoms in total. The molecule has 32 heavy (non-hydrogen) atoms. The van der Waals surface area contributed by atoms with Crippen molar-refractivity contribution in [3.05, 3.63) is 30.6 Å². The normalized spacial score (nSPS) is 17.7. The minimum atomic E-state index is -2.94. The van der Waals surface area contributed by atoms with Gasteiger partial charge in [-0.05, 0) is 30.5 Å². The van der Waals surface area contributed by atoms with E-state index in [1.807, 2.05) is 6.92 Å². The summed E-state index contributed by atoms with van der Waals surface area (Å²) < 4.78 is 30.8. The number of halogens is 2. The highest BCUT2D eigenvalue weighted by Gasteiger charge is 2.39. The Kier molecular flexibility index (Phi) is 4.76. The summed E-state index contributed by atoms with van der Waals surface area (Å²) in [6, 6.07) is 4.61. The van der Waals surface area contributed by atoms with Crippen molar-refractivity contribution in [2.45, 2.75) is 20.0 Å². The van der Waals surface area contributed by atoms with Gasteiger partial charge in [-0.3, -0.25) is 4.79 Å². The average molecular weight is 440 g/mol. The molecule has 0 aliphatic heterocycles. The van der Waals surface area contributed by atoms with E-state index in [0.29, 0.717) is 45.5 Å². The van der Waals surface area contributed by atoms with Crippen molar-refractivity contribution in [3.63, 3.8) is 0 Å². The van der Waals surface area contributed by atoms with E-state index in [9.17, 15) is 13.6 Å². The number of hydrogen-bond acceptors (Lipinski definition) is 8. The van der Waals surface area contributed by atoms with Gasteiger partial charge in [0.05, 0.1) is 6.20 Å². The third kappa shape index (κ3) is 3.63.